The Morgan fingerprint density at radius 2 is 1.68 bits per heavy atom. The summed E-state index contributed by atoms with van der Waals surface area (Å²) < 4.78 is 0. The third kappa shape index (κ3) is 3.00. The zero-order chi connectivity index (χ0) is 13.2. The largest absolute Gasteiger partial charge is 0.314 e. The maximum Gasteiger partial charge on any atom is 0.0147 e. The molecule has 4 unspecified atom stereocenters. The average Bonchev–Trinajstić information content (AvgIpc) is 2.93. The van der Waals surface area contributed by atoms with Gasteiger partial charge in [-0.05, 0) is 69.4 Å². The minimum Gasteiger partial charge on any atom is -0.314 e. The number of nitrogens with one attached hydrogen (secondary N) is 1. The molecule has 2 nitrogen and oxygen atoms in total. The van der Waals surface area contributed by atoms with Gasteiger partial charge in [-0.3, -0.25) is 4.90 Å². The molecule has 0 aromatic rings. The van der Waals surface area contributed by atoms with Gasteiger partial charge in [0.15, 0.2) is 0 Å². The van der Waals surface area contributed by atoms with E-state index in [4.69, 9.17) is 0 Å². The minimum atomic E-state index is 0.831. The standard InChI is InChI=1S/C17H32N2/c1-13-6-3-7-14(2)17(13)19-11-5-8-15(12-19)16-9-4-10-18-16/h13-18H,3-12H2,1-2H3. The van der Waals surface area contributed by atoms with E-state index in [-0.39, 0.29) is 0 Å². The van der Waals surface area contributed by atoms with Crippen LogP contribution in [0.3, 0.4) is 0 Å². The van der Waals surface area contributed by atoms with Crippen molar-refractivity contribution < 1.29 is 0 Å². The Balaban J connectivity index is 1.63. The monoisotopic (exact) mass is 264 g/mol. The molecule has 0 radical (unpaired) electrons. The highest BCUT2D eigenvalue weighted by Crippen LogP contribution is 2.36. The lowest BCUT2D eigenvalue weighted by atomic mass is 9.76. The molecule has 19 heavy (non-hydrogen) atoms. The van der Waals surface area contributed by atoms with Crippen LogP contribution in [0.25, 0.3) is 0 Å². The van der Waals surface area contributed by atoms with Crippen molar-refractivity contribution in [2.24, 2.45) is 17.8 Å². The summed E-state index contributed by atoms with van der Waals surface area (Å²) >= 11 is 0. The van der Waals surface area contributed by atoms with Crippen molar-refractivity contribution in [1.82, 2.24) is 10.2 Å². The average molecular weight is 264 g/mol. The van der Waals surface area contributed by atoms with Crippen molar-refractivity contribution in [1.29, 1.82) is 0 Å². The SMILES string of the molecule is CC1CCCC(C)C1N1CCCC(C2CCCN2)C1. The molecule has 0 amide bonds. The van der Waals surface area contributed by atoms with Crippen molar-refractivity contribution in [3.05, 3.63) is 0 Å². The number of piperidine rings is 1. The Bertz CT molecular complexity index is 275. The van der Waals surface area contributed by atoms with Crippen LogP contribution in [0.1, 0.15) is 58.8 Å². The quantitative estimate of drug-likeness (QED) is 0.823. The summed E-state index contributed by atoms with van der Waals surface area (Å²) in [5.74, 6) is 2.76. The Hall–Kier alpha value is -0.0800. The molecule has 0 aromatic carbocycles. The third-order valence-corrected chi connectivity index (χ3v) is 6.06. The molecule has 1 aliphatic carbocycles. The van der Waals surface area contributed by atoms with E-state index < -0.39 is 0 Å². The summed E-state index contributed by atoms with van der Waals surface area (Å²) in [7, 11) is 0. The molecule has 0 bridgehead atoms. The molecule has 110 valence electrons. The summed E-state index contributed by atoms with van der Waals surface area (Å²) in [6, 6.07) is 1.70. The first-order valence-electron chi connectivity index (χ1n) is 8.73. The fourth-order valence-corrected chi connectivity index (χ4v) is 5.14. The van der Waals surface area contributed by atoms with Crippen molar-refractivity contribution >= 4 is 0 Å². The zero-order valence-electron chi connectivity index (χ0n) is 12.9. The lowest BCUT2D eigenvalue weighted by Crippen LogP contribution is -2.52. The fraction of sp³-hybridized carbons (Fsp3) is 1.00. The van der Waals surface area contributed by atoms with Crippen LogP contribution in [-0.4, -0.2) is 36.6 Å². The van der Waals surface area contributed by atoms with E-state index in [2.05, 4.69) is 24.1 Å². The van der Waals surface area contributed by atoms with Gasteiger partial charge in [0.25, 0.3) is 0 Å². The van der Waals surface area contributed by atoms with Gasteiger partial charge in [-0.25, -0.2) is 0 Å². The molecule has 3 aliphatic rings. The lowest BCUT2D eigenvalue weighted by Gasteiger charge is -2.47. The molecule has 3 fully saturated rings. The van der Waals surface area contributed by atoms with E-state index in [0.717, 1.165) is 29.8 Å². The summed E-state index contributed by atoms with van der Waals surface area (Å²) in [6.07, 6.45) is 10.1. The number of likely N-dealkylation sites (tertiary alicyclic amines) is 1. The molecule has 2 heteroatoms. The van der Waals surface area contributed by atoms with E-state index in [9.17, 15) is 0 Å². The van der Waals surface area contributed by atoms with E-state index in [0.29, 0.717) is 0 Å². The second-order valence-corrected chi connectivity index (χ2v) is 7.48. The van der Waals surface area contributed by atoms with Crippen molar-refractivity contribution in [2.45, 2.75) is 70.9 Å². The van der Waals surface area contributed by atoms with Gasteiger partial charge in [-0.1, -0.05) is 20.3 Å². The molecular formula is C17H32N2. The van der Waals surface area contributed by atoms with Gasteiger partial charge in [-0.2, -0.15) is 0 Å². The van der Waals surface area contributed by atoms with E-state index in [1.54, 1.807) is 0 Å². The Labute approximate surface area is 119 Å². The number of hydrogen-bond acceptors (Lipinski definition) is 2. The smallest absolute Gasteiger partial charge is 0.0147 e. The van der Waals surface area contributed by atoms with Gasteiger partial charge in [0.05, 0.1) is 0 Å². The van der Waals surface area contributed by atoms with Crippen molar-refractivity contribution in [3.63, 3.8) is 0 Å². The van der Waals surface area contributed by atoms with Gasteiger partial charge < -0.3 is 5.32 Å². The van der Waals surface area contributed by atoms with Crippen molar-refractivity contribution in [3.8, 4) is 0 Å². The second-order valence-electron chi connectivity index (χ2n) is 7.48. The molecule has 2 aliphatic heterocycles. The van der Waals surface area contributed by atoms with Crippen LogP contribution >= 0.6 is 0 Å². The summed E-state index contributed by atoms with van der Waals surface area (Å²) in [5, 5.41) is 3.75. The molecule has 0 spiro atoms. The van der Waals surface area contributed by atoms with Crippen LogP contribution < -0.4 is 5.32 Å². The van der Waals surface area contributed by atoms with E-state index in [1.807, 2.05) is 0 Å². The maximum absolute atomic E-state index is 3.75. The predicted octanol–water partition coefficient (Wildman–Crippen LogP) is 3.28. The topological polar surface area (TPSA) is 15.3 Å². The van der Waals surface area contributed by atoms with Gasteiger partial charge >= 0.3 is 0 Å². The molecule has 0 aromatic heterocycles. The number of hydrogen-bond donors (Lipinski definition) is 1. The van der Waals surface area contributed by atoms with E-state index >= 15 is 0 Å². The lowest BCUT2D eigenvalue weighted by molar-refractivity contribution is 0.0288. The molecular weight excluding hydrogens is 232 g/mol. The second kappa shape index (κ2) is 6.13. The number of nitrogens with zero attached hydrogens (tertiary/aromatic N) is 1. The summed E-state index contributed by atoms with van der Waals surface area (Å²) in [6.45, 7) is 8.99. The summed E-state index contributed by atoms with van der Waals surface area (Å²) in [5.41, 5.74) is 0. The van der Waals surface area contributed by atoms with Gasteiger partial charge in [0.1, 0.15) is 0 Å². The van der Waals surface area contributed by atoms with E-state index in [1.165, 1.54) is 64.6 Å². The zero-order valence-corrected chi connectivity index (χ0v) is 12.9. The van der Waals surface area contributed by atoms with Gasteiger partial charge in [0.2, 0.25) is 0 Å². The highest BCUT2D eigenvalue weighted by Gasteiger charge is 2.37. The van der Waals surface area contributed by atoms with Crippen LogP contribution in [0.2, 0.25) is 0 Å². The van der Waals surface area contributed by atoms with Gasteiger partial charge in [-0.15, -0.1) is 0 Å². The fourth-order valence-electron chi connectivity index (χ4n) is 5.14. The first kappa shape index (κ1) is 13.9. The molecule has 3 rings (SSSR count). The first-order valence-corrected chi connectivity index (χ1v) is 8.73. The molecule has 2 heterocycles. The summed E-state index contributed by atoms with van der Waals surface area (Å²) in [4.78, 5) is 2.88. The predicted molar refractivity (Wildman–Crippen MR) is 81.3 cm³/mol. The normalized spacial score (nSPS) is 45.5. The maximum atomic E-state index is 3.75. The molecule has 1 N–H and O–H groups in total. The van der Waals surface area contributed by atoms with Crippen LogP contribution in [0.15, 0.2) is 0 Å². The minimum absolute atomic E-state index is 0.831. The Morgan fingerprint density at radius 1 is 0.895 bits per heavy atom. The number of rotatable bonds is 2. The Morgan fingerprint density at radius 3 is 2.37 bits per heavy atom. The van der Waals surface area contributed by atoms with Crippen LogP contribution in [0, 0.1) is 17.8 Å². The van der Waals surface area contributed by atoms with Crippen LogP contribution in [0.4, 0.5) is 0 Å². The third-order valence-electron chi connectivity index (χ3n) is 6.06. The Kier molecular flexibility index (Phi) is 4.48. The highest BCUT2D eigenvalue weighted by molar-refractivity contribution is 4.92. The van der Waals surface area contributed by atoms with Crippen molar-refractivity contribution in [2.75, 3.05) is 19.6 Å². The van der Waals surface area contributed by atoms with Crippen LogP contribution in [0.5, 0.6) is 0 Å². The molecule has 4 atom stereocenters. The molecule has 1 saturated carbocycles. The van der Waals surface area contributed by atoms with Crippen LogP contribution in [-0.2, 0) is 0 Å². The first-order chi connectivity index (χ1) is 9.25. The van der Waals surface area contributed by atoms with Gasteiger partial charge in [0, 0.05) is 18.6 Å². The molecule has 2 saturated heterocycles. The highest BCUT2D eigenvalue weighted by atomic mass is 15.2.